The summed E-state index contributed by atoms with van der Waals surface area (Å²) < 4.78 is 1.84. The second kappa shape index (κ2) is 7.78. The number of unbranched alkanes of at least 4 members (excludes halogenated alkanes) is 1. The molecule has 0 unspecified atom stereocenters. The van der Waals surface area contributed by atoms with E-state index in [9.17, 15) is 4.79 Å². The Morgan fingerprint density at radius 1 is 1.33 bits per heavy atom. The zero-order valence-electron chi connectivity index (χ0n) is 11.9. The van der Waals surface area contributed by atoms with Crippen molar-refractivity contribution in [1.82, 2.24) is 20.2 Å². The Bertz CT molecular complexity index is 583. The first-order valence-electron chi connectivity index (χ1n) is 6.87. The van der Waals surface area contributed by atoms with Crippen LogP contribution in [0.1, 0.15) is 31.2 Å². The molecule has 2 aromatic rings. The first kappa shape index (κ1) is 15.5. The summed E-state index contributed by atoms with van der Waals surface area (Å²) in [5.74, 6) is 0.753. The monoisotopic (exact) mass is 306 g/mol. The number of rotatable bonds is 8. The van der Waals surface area contributed by atoms with Gasteiger partial charge in [-0.05, 0) is 34.5 Å². The Balaban J connectivity index is 1.90. The van der Waals surface area contributed by atoms with Crippen molar-refractivity contribution in [2.45, 2.75) is 43.4 Å². The molecule has 0 bridgehead atoms. The van der Waals surface area contributed by atoms with E-state index in [0.717, 1.165) is 35.7 Å². The number of carboxylic acids is 1. The van der Waals surface area contributed by atoms with Gasteiger partial charge in [0.1, 0.15) is 0 Å². The van der Waals surface area contributed by atoms with E-state index < -0.39 is 5.97 Å². The smallest absolute Gasteiger partial charge is 0.307 e. The van der Waals surface area contributed by atoms with Gasteiger partial charge in [0.15, 0.2) is 5.82 Å². The van der Waals surface area contributed by atoms with Crippen molar-refractivity contribution < 1.29 is 9.90 Å². The van der Waals surface area contributed by atoms with Gasteiger partial charge in [-0.25, -0.2) is 4.68 Å². The largest absolute Gasteiger partial charge is 0.481 e. The lowest BCUT2D eigenvalue weighted by Crippen LogP contribution is -2.05. The van der Waals surface area contributed by atoms with Crippen molar-refractivity contribution >= 4 is 17.7 Å². The number of carbonyl (C=O) groups is 1. The van der Waals surface area contributed by atoms with E-state index in [-0.39, 0.29) is 6.42 Å². The van der Waals surface area contributed by atoms with Gasteiger partial charge in [0.05, 0.1) is 12.2 Å². The van der Waals surface area contributed by atoms with E-state index >= 15 is 0 Å². The van der Waals surface area contributed by atoms with Crippen molar-refractivity contribution in [2.24, 2.45) is 0 Å². The Morgan fingerprint density at radius 2 is 2.10 bits per heavy atom. The Labute approximate surface area is 127 Å². The van der Waals surface area contributed by atoms with Crippen LogP contribution in [0.3, 0.4) is 0 Å². The number of aryl methyl sites for hydroxylation is 1. The van der Waals surface area contributed by atoms with Crippen LogP contribution in [0.25, 0.3) is 0 Å². The molecule has 21 heavy (non-hydrogen) atoms. The number of aliphatic carboxylic acids is 1. The minimum absolute atomic E-state index is 0.0558. The lowest BCUT2D eigenvalue weighted by molar-refractivity contribution is -0.136. The van der Waals surface area contributed by atoms with Crippen molar-refractivity contribution in [2.75, 3.05) is 0 Å². The molecule has 0 saturated heterocycles. The number of hydrogen-bond acceptors (Lipinski definition) is 5. The molecular weight excluding hydrogens is 288 g/mol. The molecule has 0 aliphatic heterocycles. The molecule has 0 aliphatic carbocycles. The highest BCUT2D eigenvalue weighted by molar-refractivity contribution is 7.98. The number of thioether (sulfide) groups is 1. The minimum atomic E-state index is -0.814. The van der Waals surface area contributed by atoms with E-state index in [2.05, 4.69) is 22.4 Å². The zero-order chi connectivity index (χ0) is 15.1. The predicted molar refractivity (Wildman–Crippen MR) is 80.1 cm³/mol. The summed E-state index contributed by atoms with van der Waals surface area (Å²) in [5.41, 5.74) is 0.805. The van der Waals surface area contributed by atoms with Crippen LogP contribution in [0.2, 0.25) is 0 Å². The maximum Gasteiger partial charge on any atom is 0.307 e. The number of carboxylic acid groups (broad SMARTS) is 1. The van der Waals surface area contributed by atoms with Crippen LogP contribution in [-0.4, -0.2) is 31.3 Å². The van der Waals surface area contributed by atoms with Crippen molar-refractivity contribution in [3.05, 3.63) is 35.7 Å². The first-order valence-corrected chi connectivity index (χ1v) is 7.86. The second-order valence-corrected chi connectivity index (χ2v) is 5.72. The van der Waals surface area contributed by atoms with Crippen molar-refractivity contribution in [1.29, 1.82) is 0 Å². The molecule has 0 saturated carbocycles. The van der Waals surface area contributed by atoms with E-state index in [1.54, 1.807) is 11.8 Å². The molecule has 1 heterocycles. The van der Waals surface area contributed by atoms with E-state index in [1.807, 2.05) is 28.9 Å². The average molecular weight is 306 g/mol. The van der Waals surface area contributed by atoms with Gasteiger partial charge >= 0.3 is 5.97 Å². The maximum atomic E-state index is 10.6. The molecule has 0 amide bonds. The van der Waals surface area contributed by atoms with Gasteiger partial charge in [-0.15, -0.1) is 16.9 Å². The SMILES string of the molecule is CCCCn1nnnc1CSc1ccc(CC(=O)O)cc1. The summed E-state index contributed by atoms with van der Waals surface area (Å²) in [5, 5.41) is 20.5. The molecule has 1 aromatic carbocycles. The molecule has 7 heteroatoms. The Kier molecular flexibility index (Phi) is 5.74. The van der Waals surface area contributed by atoms with Crippen LogP contribution in [0.5, 0.6) is 0 Å². The van der Waals surface area contributed by atoms with Gasteiger partial charge in [-0.3, -0.25) is 4.79 Å². The summed E-state index contributed by atoms with van der Waals surface area (Å²) in [7, 11) is 0. The van der Waals surface area contributed by atoms with E-state index in [1.165, 1.54) is 0 Å². The average Bonchev–Trinajstić information content (AvgIpc) is 2.91. The van der Waals surface area contributed by atoms with E-state index in [4.69, 9.17) is 5.11 Å². The molecule has 6 nitrogen and oxygen atoms in total. The Morgan fingerprint density at radius 3 is 2.76 bits per heavy atom. The highest BCUT2D eigenvalue weighted by Gasteiger charge is 2.07. The fraction of sp³-hybridized carbons (Fsp3) is 0.429. The van der Waals surface area contributed by atoms with Crippen molar-refractivity contribution in [3.63, 3.8) is 0 Å². The highest BCUT2D eigenvalue weighted by Crippen LogP contribution is 2.22. The Hall–Kier alpha value is -1.89. The second-order valence-electron chi connectivity index (χ2n) is 4.67. The third-order valence-electron chi connectivity index (χ3n) is 2.98. The van der Waals surface area contributed by atoms with Crippen LogP contribution in [0.15, 0.2) is 29.2 Å². The fourth-order valence-electron chi connectivity index (χ4n) is 1.83. The molecule has 2 rings (SSSR count). The molecule has 112 valence electrons. The van der Waals surface area contributed by atoms with E-state index in [0.29, 0.717) is 5.75 Å². The van der Waals surface area contributed by atoms with Gasteiger partial charge in [-0.2, -0.15) is 0 Å². The molecule has 0 fully saturated rings. The van der Waals surface area contributed by atoms with Gasteiger partial charge < -0.3 is 5.11 Å². The molecular formula is C14H18N4O2S. The minimum Gasteiger partial charge on any atom is -0.481 e. The van der Waals surface area contributed by atoms with Crippen LogP contribution in [-0.2, 0) is 23.5 Å². The van der Waals surface area contributed by atoms with Crippen LogP contribution in [0, 0.1) is 0 Å². The summed E-state index contributed by atoms with van der Waals surface area (Å²) in [4.78, 5) is 11.7. The molecule has 0 spiro atoms. The van der Waals surface area contributed by atoms with Crippen molar-refractivity contribution in [3.8, 4) is 0 Å². The third kappa shape index (κ3) is 4.86. The third-order valence-corrected chi connectivity index (χ3v) is 3.98. The molecule has 0 radical (unpaired) electrons. The first-order chi connectivity index (χ1) is 10.2. The van der Waals surface area contributed by atoms with Gasteiger partial charge in [-0.1, -0.05) is 25.5 Å². The predicted octanol–water partition coefficient (Wildman–Crippen LogP) is 2.39. The van der Waals surface area contributed by atoms with Gasteiger partial charge in [0.25, 0.3) is 0 Å². The topological polar surface area (TPSA) is 80.9 Å². The van der Waals surface area contributed by atoms with Gasteiger partial charge in [0, 0.05) is 11.4 Å². The molecule has 0 aliphatic rings. The number of benzene rings is 1. The zero-order valence-corrected chi connectivity index (χ0v) is 12.7. The lowest BCUT2D eigenvalue weighted by Gasteiger charge is -2.04. The standard InChI is InChI=1S/C14H18N4O2S/c1-2-3-8-18-13(15-16-17-18)10-21-12-6-4-11(5-7-12)9-14(19)20/h4-7H,2-3,8-10H2,1H3,(H,19,20). The van der Waals surface area contributed by atoms with Crippen LogP contribution >= 0.6 is 11.8 Å². The number of tetrazole rings is 1. The molecule has 0 atom stereocenters. The number of hydrogen-bond donors (Lipinski definition) is 1. The number of nitrogens with zero attached hydrogens (tertiary/aromatic N) is 4. The summed E-state index contributed by atoms with van der Waals surface area (Å²) in [6.07, 6.45) is 2.23. The maximum absolute atomic E-state index is 10.6. The van der Waals surface area contributed by atoms with Crippen LogP contribution < -0.4 is 0 Å². The molecule has 1 aromatic heterocycles. The molecule has 1 N–H and O–H groups in total. The summed E-state index contributed by atoms with van der Waals surface area (Å²) in [6.45, 7) is 2.98. The van der Waals surface area contributed by atoms with Gasteiger partial charge in [0.2, 0.25) is 0 Å². The lowest BCUT2D eigenvalue weighted by atomic mass is 10.2. The summed E-state index contributed by atoms with van der Waals surface area (Å²) in [6, 6.07) is 7.55. The van der Waals surface area contributed by atoms with Crippen LogP contribution in [0.4, 0.5) is 0 Å². The fourth-order valence-corrected chi connectivity index (χ4v) is 2.67. The number of aromatic nitrogens is 4. The highest BCUT2D eigenvalue weighted by atomic mass is 32.2. The normalized spacial score (nSPS) is 10.7. The quantitative estimate of drug-likeness (QED) is 0.754. The summed E-state index contributed by atoms with van der Waals surface area (Å²) >= 11 is 1.64.